The Hall–Kier alpha value is -1.10. The van der Waals surface area contributed by atoms with Crippen LogP contribution >= 0.6 is 15.9 Å². The topological polar surface area (TPSA) is 43.8 Å². The van der Waals surface area contributed by atoms with Crippen LogP contribution in [-0.2, 0) is 0 Å². The molecule has 2 aromatic rings. The molecule has 0 unspecified atom stereocenters. The van der Waals surface area contributed by atoms with Crippen molar-refractivity contribution in [2.24, 2.45) is 0 Å². The van der Waals surface area contributed by atoms with Crippen LogP contribution in [-0.4, -0.2) is 10.0 Å². The van der Waals surface area contributed by atoms with Gasteiger partial charge in [-0.05, 0) is 28.1 Å². The molecule has 5 heteroatoms. The fraction of sp³-hybridized carbons (Fsp3) is 0. The van der Waals surface area contributed by atoms with Gasteiger partial charge in [-0.1, -0.05) is 15.5 Å². The summed E-state index contributed by atoms with van der Waals surface area (Å²) < 4.78 is 13.6. The maximum Gasteiger partial charge on any atom is 0.157 e. The molecule has 0 saturated heterocycles. The molecule has 0 bridgehead atoms. The number of nitrogen functional groups attached to an aromatic ring is 1. The maximum atomic E-state index is 12.9. The van der Waals surface area contributed by atoms with Crippen LogP contribution in [0.25, 0.3) is 10.9 Å². The van der Waals surface area contributed by atoms with Crippen molar-refractivity contribution in [2.75, 3.05) is 5.73 Å². The molecular formula is C7H5BrFN3. The zero-order valence-corrected chi connectivity index (χ0v) is 7.55. The van der Waals surface area contributed by atoms with Crippen LogP contribution in [0.4, 0.5) is 10.3 Å². The number of fused-ring (bicyclic) bond motifs is 1. The third-order valence-electron chi connectivity index (χ3n) is 1.64. The molecule has 2 rings (SSSR count). The molecule has 0 aliphatic rings. The first-order valence-corrected chi connectivity index (χ1v) is 4.08. The lowest BCUT2D eigenvalue weighted by Crippen LogP contribution is -1.87. The number of hydrogen-bond donors (Lipinski definition) is 1. The fourth-order valence-corrected chi connectivity index (χ4v) is 1.68. The minimum Gasteiger partial charge on any atom is -0.382 e. The minimum atomic E-state index is 0.194. The van der Waals surface area contributed by atoms with Crippen LogP contribution in [0.2, 0.25) is 0 Å². The summed E-state index contributed by atoms with van der Waals surface area (Å²) in [6.45, 7) is 0. The molecule has 0 spiro atoms. The van der Waals surface area contributed by atoms with E-state index < -0.39 is 0 Å². The second kappa shape index (κ2) is 2.45. The first-order chi connectivity index (χ1) is 5.70. The normalized spacial score (nSPS) is 10.8. The monoisotopic (exact) mass is 229 g/mol. The van der Waals surface area contributed by atoms with Crippen molar-refractivity contribution in [3.05, 3.63) is 22.7 Å². The van der Waals surface area contributed by atoms with Crippen LogP contribution in [0.15, 0.2) is 22.7 Å². The lowest BCUT2D eigenvalue weighted by atomic mass is 10.2. The van der Waals surface area contributed by atoms with Gasteiger partial charge in [0.2, 0.25) is 0 Å². The van der Waals surface area contributed by atoms with Crippen molar-refractivity contribution >= 4 is 32.7 Å². The highest BCUT2D eigenvalue weighted by Gasteiger charge is 2.09. The molecule has 1 aromatic carbocycles. The van der Waals surface area contributed by atoms with E-state index in [1.165, 1.54) is 0 Å². The molecule has 1 heterocycles. The second-order valence-corrected chi connectivity index (χ2v) is 3.23. The molecule has 0 aliphatic carbocycles. The Morgan fingerprint density at radius 2 is 2.25 bits per heavy atom. The van der Waals surface area contributed by atoms with E-state index in [1.807, 2.05) is 0 Å². The minimum absolute atomic E-state index is 0.194. The standard InChI is InChI=1S/C7H5BrFN3/c8-4-2-1-3-5-6(4)7(10)11-12(5)9/h1-3H,(H2,10,11). The Morgan fingerprint density at radius 3 is 2.92 bits per heavy atom. The summed E-state index contributed by atoms with van der Waals surface area (Å²) in [5.41, 5.74) is 5.85. The van der Waals surface area contributed by atoms with Gasteiger partial charge in [0, 0.05) is 4.47 Å². The average Bonchev–Trinajstić information content (AvgIpc) is 2.29. The third kappa shape index (κ3) is 0.896. The van der Waals surface area contributed by atoms with Gasteiger partial charge < -0.3 is 5.73 Å². The van der Waals surface area contributed by atoms with Crippen molar-refractivity contribution in [1.82, 2.24) is 10.0 Å². The zero-order valence-electron chi connectivity index (χ0n) is 5.96. The molecule has 12 heavy (non-hydrogen) atoms. The second-order valence-electron chi connectivity index (χ2n) is 2.38. The summed E-state index contributed by atoms with van der Waals surface area (Å²) >= 11 is 3.26. The number of aromatic nitrogens is 2. The molecule has 3 nitrogen and oxygen atoms in total. The quantitative estimate of drug-likeness (QED) is 0.753. The van der Waals surface area contributed by atoms with Crippen molar-refractivity contribution in [2.45, 2.75) is 0 Å². The van der Waals surface area contributed by atoms with Crippen molar-refractivity contribution in [3.8, 4) is 0 Å². The number of nitrogens with zero attached hydrogens (tertiary/aromatic N) is 2. The van der Waals surface area contributed by atoms with Gasteiger partial charge in [0.05, 0.1) is 5.39 Å². The molecule has 0 saturated carbocycles. The summed E-state index contributed by atoms with van der Waals surface area (Å²) in [6, 6.07) is 5.13. The summed E-state index contributed by atoms with van der Waals surface area (Å²) in [5.74, 6) is 0.194. The predicted octanol–water partition coefficient (Wildman–Crippen LogP) is 2.11. The Bertz CT molecular complexity index is 437. The fourth-order valence-electron chi connectivity index (χ4n) is 1.12. The van der Waals surface area contributed by atoms with Crippen molar-refractivity contribution in [1.29, 1.82) is 0 Å². The summed E-state index contributed by atoms with van der Waals surface area (Å²) in [6.07, 6.45) is 0. The van der Waals surface area contributed by atoms with Gasteiger partial charge in [-0.25, -0.2) is 0 Å². The Kier molecular flexibility index (Phi) is 1.54. The molecule has 1 aromatic heterocycles. The molecule has 0 radical (unpaired) electrons. The van der Waals surface area contributed by atoms with Gasteiger partial charge in [-0.3, -0.25) is 0 Å². The zero-order chi connectivity index (χ0) is 8.72. The van der Waals surface area contributed by atoms with E-state index in [2.05, 4.69) is 21.0 Å². The molecular weight excluding hydrogens is 225 g/mol. The van der Waals surface area contributed by atoms with E-state index in [-0.39, 0.29) is 10.7 Å². The van der Waals surface area contributed by atoms with Crippen LogP contribution in [0.1, 0.15) is 0 Å². The number of anilines is 1. The highest BCUT2D eigenvalue weighted by Crippen LogP contribution is 2.28. The average molecular weight is 230 g/mol. The number of nitrogens with two attached hydrogens (primary N) is 1. The summed E-state index contributed by atoms with van der Waals surface area (Å²) in [7, 11) is 0. The molecule has 2 N–H and O–H groups in total. The molecule has 0 amide bonds. The first-order valence-electron chi connectivity index (χ1n) is 3.29. The van der Waals surface area contributed by atoms with E-state index in [0.29, 0.717) is 10.9 Å². The number of halogens is 2. The van der Waals surface area contributed by atoms with Gasteiger partial charge in [-0.15, -0.1) is 5.10 Å². The molecule has 0 atom stereocenters. The lowest BCUT2D eigenvalue weighted by molar-refractivity contribution is 0.334. The van der Waals surface area contributed by atoms with E-state index in [1.54, 1.807) is 18.2 Å². The summed E-state index contributed by atoms with van der Waals surface area (Å²) in [5, 5.41) is 4.06. The van der Waals surface area contributed by atoms with Gasteiger partial charge >= 0.3 is 0 Å². The third-order valence-corrected chi connectivity index (χ3v) is 2.30. The van der Waals surface area contributed by atoms with Gasteiger partial charge in [-0.2, -0.15) is 0 Å². The highest BCUT2D eigenvalue weighted by atomic mass is 79.9. The van der Waals surface area contributed by atoms with Gasteiger partial charge in [0.15, 0.2) is 5.82 Å². The van der Waals surface area contributed by atoms with Crippen LogP contribution in [0.3, 0.4) is 0 Å². The molecule has 62 valence electrons. The van der Waals surface area contributed by atoms with E-state index in [4.69, 9.17) is 5.73 Å². The van der Waals surface area contributed by atoms with Crippen molar-refractivity contribution in [3.63, 3.8) is 0 Å². The lowest BCUT2D eigenvalue weighted by Gasteiger charge is -1.92. The van der Waals surface area contributed by atoms with Crippen molar-refractivity contribution < 1.29 is 4.48 Å². The number of rotatable bonds is 0. The smallest absolute Gasteiger partial charge is 0.157 e. The number of hydrogen-bond acceptors (Lipinski definition) is 2. The Labute approximate surface area is 76.0 Å². The Balaban J connectivity index is 2.99. The molecule has 0 aliphatic heterocycles. The van der Waals surface area contributed by atoms with E-state index in [9.17, 15) is 4.48 Å². The maximum absolute atomic E-state index is 12.9. The van der Waals surface area contributed by atoms with Crippen LogP contribution in [0.5, 0.6) is 0 Å². The van der Waals surface area contributed by atoms with Gasteiger partial charge in [0.25, 0.3) is 0 Å². The van der Waals surface area contributed by atoms with Gasteiger partial charge in [0.1, 0.15) is 5.52 Å². The van der Waals surface area contributed by atoms with Crippen LogP contribution < -0.4 is 5.73 Å². The van der Waals surface area contributed by atoms with E-state index in [0.717, 1.165) is 4.47 Å². The van der Waals surface area contributed by atoms with Crippen LogP contribution in [0, 0.1) is 0 Å². The Morgan fingerprint density at radius 1 is 1.50 bits per heavy atom. The molecule has 0 fully saturated rings. The number of benzene rings is 1. The summed E-state index contributed by atoms with van der Waals surface area (Å²) in [4.78, 5) is 0.273. The first kappa shape index (κ1) is 7.54. The highest BCUT2D eigenvalue weighted by molar-refractivity contribution is 9.10. The van der Waals surface area contributed by atoms with E-state index >= 15 is 0 Å². The predicted molar refractivity (Wildman–Crippen MR) is 48.4 cm³/mol. The largest absolute Gasteiger partial charge is 0.382 e. The SMILES string of the molecule is Nc1nn(F)c2cccc(Br)c12.